The van der Waals surface area contributed by atoms with Gasteiger partial charge in [0.1, 0.15) is 0 Å². The molecule has 2 unspecified atom stereocenters. The van der Waals surface area contributed by atoms with E-state index >= 15 is 0 Å². The van der Waals surface area contributed by atoms with Gasteiger partial charge in [-0.3, -0.25) is 0 Å². The average Bonchev–Trinajstić information content (AvgIpc) is 2.97. The summed E-state index contributed by atoms with van der Waals surface area (Å²) in [4.78, 5) is 4.34. The van der Waals surface area contributed by atoms with Crippen LogP contribution in [0.25, 0.3) is 11.3 Å². The van der Waals surface area contributed by atoms with Crippen LogP contribution in [0.4, 0.5) is 0 Å². The molecule has 2 aromatic rings. The molecule has 0 saturated carbocycles. The highest BCUT2D eigenvalue weighted by Gasteiger charge is 2.23. The summed E-state index contributed by atoms with van der Waals surface area (Å²) in [6.07, 6.45) is 6.37. The number of piperidine rings is 1. The Morgan fingerprint density at radius 1 is 1.40 bits per heavy atom. The third-order valence-electron chi connectivity index (χ3n) is 4.27. The van der Waals surface area contributed by atoms with Crippen molar-refractivity contribution in [3.8, 4) is 11.3 Å². The number of rotatable bonds is 3. The van der Waals surface area contributed by atoms with Crippen molar-refractivity contribution < 1.29 is 0 Å². The fourth-order valence-electron chi connectivity index (χ4n) is 3.02. The first-order valence-electron chi connectivity index (χ1n) is 7.25. The minimum atomic E-state index is 0.427. The number of hydrogen-bond donors (Lipinski definition) is 1. The molecule has 3 nitrogen and oxygen atoms in total. The topological polar surface area (TPSA) is 29.9 Å². The fourth-order valence-corrected chi connectivity index (χ4v) is 3.26. The van der Waals surface area contributed by atoms with E-state index < -0.39 is 0 Å². The van der Waals surface area contributed by atoms with Gasteiger partial charge >= 0.3 is 0 Å². The van der Waals surface area contributed by atoms with Gasteiger partial charge in [-0.05, 0) is 44.8 Å². The molecule has 1 saturated heterocycles. The Morgan fingerprint density at radius 3 is 3.00 bits per heavy atom. The van der Waals surface area contributed by atoms with Crippen molar-refractivity contribution in [1.29, 1.82) is 0 Å². The number of nitrogens with zero attached hydrogens (tertiary/aromatic N) is 2. The molecule has 20 heavy (non-hydrogen) atoms. The zero-order valence-corrected chi connectivity index (χ0v) is 12.5. The van der Waals surface area contributed by atoms with Gasteiger partial charge in [-0.25, -0.2) is 4.98 Å². The summed E-state index contributed by atoms with van der Waals surface area (Å²) in [6.45, 7) is 4.51. The Hall–Kier alpha value is -1.32. The Labute approximate surface area is 125 Å². The molecule has 0 bridgehead atoms. The Balaban J connectivity index is 1.92. The number of benzene rings is 1. The van der Waals surface area contributed by atoms with Crippen molar-refractivity contribution in [2.45, 2.75) is 25.8 Å². The molecular formula is C16H20ClN3. The highest BCUT2D eigenvalue weighted by molar-refractivity contribution is 6.33. The number of halogens is 1. The summed E-state index contributed by atoms with van der Waals surface area (Å²) in [5.41, 5.74) is 2.16. The maximum atomic E-state index is 6.32. The SMILES string of the molecule is CC(C1CCCNC1)n1cncc1-c1ccccc1Cl. The van der Waals surface area contributed by atoms with Gasteiger partial charge in [-0.15, -0.1) is 0 Å². The predicted octanol–water partition coefficient (Wildman–Crippen LogP) is 3.76. The quantitative estimate of drug-likeness (QED) is 0.932. The summed E-state index contributed by atoms with van der Waals surface area (Å²) in [7, 11) is 0. The van der Waals surface area contributed by atoms with Crippen LogP contribution in [0.3, 0.4) is 0 Å². The maximum Gasteiger partial charge on any atom is 0.0953 e. The van der Waals surface area contributed by atoms with Gasteiger partial charge in [-0.1, -0.05) is 29.8 Å². The first-order chi connectivity index (χ1) is 9.77. The predicted molar refractivity (Wildman–Crippen MR) is 83.0 cm³/mol. The second-order valence-corrected chi connectivity index (χ2v) is 5.92. The van der Waals surface area contributed by atoms with Crippen LogP contribution in [-0.2, 0) is 0 Å². The first-order valence-corrected chi connectivity index (χ1v) is 7.62. The molecule has 2 atom stereocenters. The van der Waals surface area contributed by atoms with Crippen LogP contribution in [0.15, 0.2) is 36.8 Å². The molecule has 106 valence electrons. The smallest absolute Gasteiger partial charge is 0.0953 e. The molecule has 1 aromatic heterocycles. The van der Waals surface area contributed by atoms with Gasteiger partial charge in [0.05, 0.1) is 18.2 Å². The first kappa shape index (κ1) is 13.7. The molecule has 2 heterocycles. The number of imidazole rings is 1. The molecule has 3 rings (SSSR count). The summed E-state index contributed by atoms with van der Waals surface area (Å²) < 4.78 is 2.26. The highest BCUT2D eigenvalue weighted by atomic mass is 35.5. The van der Waals surface area contributed by atoms with Crippen LogP contribution >= 0.6 is 11.6 Å². The summed E-state index contributed by atoms with van der Waals surface area (Å²) in [6, 6.07) is 8.39. The Morgan fingerprint density at radius 2 is 2.25 bits per heavy atom. The van der Waals surface area contributed by atoms with Crippen molar-refractivity contribution in [3.05, 3.63) is 41.8 Å². The molecule has 0 amide bonds. The van der Waals surface area contributed by atoms with E-state index in [2.05, 4.69) is 27.9 Å². The molecule has 0 aliphatic carbocycles. The molecule has 0 radical (unpaired) electrons. The van der Waals surface area contributed by atoms with E-state index in [-0.39, 0.29) is 0 Å². The molecule has 4 heteroatoms. The van der Waals surface area contributed by atoms with Crippen LogP contribution in [0.2, 0.25) is 5.02 Å². The van der Waals surface area contributed by atoms with E-state index in [0.717, 1.165) is 29.4 Å². The van der Waals surface area contributed by atoms with Gasteiger partial charge < -0.3 is 9.88 Å². The van der Waals surface area contributed by atoms with Gasteiger partial charge in [-0.2, -0.15) is 0 Å². The number of nitrogens with one attached hydrogen (secondary N) is 1. The van der Waals surface area contributed by atoms with Crippen LogP contribution < -0.4 is 5.32 Å². The van der Waals surface area contributed by atoms with Gasteiger partial charge in [0.25, 0.3) is 0 Å². The zero-order valence-electron chi connectivity index (χ0n) is 11.7. The average molecular weight is 290 g/mol. The fraction of sp³-hybridized carbons (Fsp3) is 0.438. The van der Waals surface area contributed by atoms with Gasteiger partial charge in [0.2, 0.25) is 0 Å². The monoisotopic (exact) mass is 289 g/mol. The van der Waals surface area contributed by atoms with Crippen molar-refractivity contribution in [2.75, 3.05) is 13.1 Å². The third-order valence-corrected chi connectivity index (χ3v) is 4.60. The molecular weight excluding hydrogens is 270 g/mol. The lowest BCUT2D eigenvalue weighted by Crippen LogP contribution is -2.34. The molecule has 1 N–H and O–H groups in total. The standard InChI is InChI=1S/C16H20ClN3/c1-12(13-5-4-8-18-9-13)20-11-19-10-16(20)14-6-2-3-7-15(14)17/h2-3,6-7,10-13,18H,4-5,8-9H2,1H3. The molecule has 1 fully saturated rings. The van der Waals surface area contributed by atoms with E-state index in [0.29, 0.717) is 12.0 Å². The molecule has 1 aliphatic rings. The van der Waals surface area contributed by atoms with Crippen molar-refractivity contribution >= 4 is 11.6 Å². The molecule has 1 aliphatic heterocycles. The van der Waals surface area contributed by atoms with E-state index in [1.54, 1.807) is 0 Å². The largest absolute Gasteiger partial charge is 0.327 e. The summed E-state index contributed by atoms with van der Waals surface area (Å²) >= 11 is 6.32. The van der Waals surface area contributed by atoms with E-state index in [9.17, 15) is 0 Å². The van der Waals surface area contributed by atoms with E-state index in [1.807, 2.05) is 30.7 Å². The van der Waals surface area contributed by atoms with Gasteiger partial charge in [0.15, 0.2) is 0 Å². The second-order valence-electron chi connectivity index (χ2n) is 5.51. The third kappa shape index (κ3) is 2.60. The van der Waals surface area contributed by atoms with Crippen LogP contribution in [0, 0.1) is 5.92 Å². The second kappa shape index (κ2) is 5.98. The van der Waals surface area contributed by atoms with Crippen LogP contribution in [0.5, 0.6) is 0 Å². The lowest BCUT2D eigenvalue weighted by molar-refractivity contribution is 0.281. The number of hydrogen-bond acceptors (Lipinski definition) is 2. The normalized spacial score (nSPS) is 20.8. The minimum absolute atomic E-state index is 0.427. The highest BCUT2D eigenvalue weighted by Crippen LogP contribution is 2.32. The minimum Gasteiger partial charge on any atom is -0.327 e. The van der Waals surface area contributed by atoms with Crippen LogP contribution in [0.1, 0.15) is 25.8 Å². The Kier molecular flexibility index (Phi) is 4.08. The molecule has 0 spiro atoms. The summed E-state index contributed by atoms with van der Waals surface area (Å²) in [5, 5.41) is 4.27. The van der Waals surface area contributed by atoms with Gasteiger partial charge in [0, 0.05) is 16.6 Å². The van der Waals surface area contributed by atoms with E-state index in [4.69, 9.17) is 11.6 Å². The maximum absolute atomic E-state index is 6.32. The molecule has 1 aromatic carbocycles. The lowest BCUT2D eigenvalue weighted by atomic mass is 9.92. The lowest BCUT2D eigenvalue weighted by Gasteiger charge is -2.30. The van der Waals surface area contributed by atoms with Crippen molar-refractivity contribution in [3.63, 3.8) is 0 Å². The van der Waals surface area contributed by atoms with E-state index in [1.165, 1.54) is 12.8 Å². The Bertz CT molecular complexity index is 573. The van der Waals surface area contributed by atoms with Crippen molar-refractivity contribution in [2.24, 2.45) is 5.92 Å². The van der Waals surface area contributed by atoms with Crippen molar-refractivity contribution in [1.82, 2.24) is 14.9 Å². The number of aromatic nitrogens is 2. The van der Waals surface area contributed by atoms with Crippen LogP contribution in [-0.4, -0.2) is 22.6 Å². The summed E-state index contributed by atoms with van der Waals surface area (Å²) in [5.74, 6) is 0.652. The zero-order chi connectivity index (χ0) is 13.9.